The molecule has 6 heteroatoms. The number of urea groups is 1. The minimum absolute atomic E-state index is 0.00359. The third kappa shape index (κ3) is 4.33. The number of aliphatic carboxylic acids is 1. The van der Waals surface area contributed by atoms with Crippen molar-refractivity contribution in [3.63, 3.8) is 0 Å². The van der Waals surface area contributed by atoms with Gasteiger partial charge in [0.2, 0.25) is 0 Å². The number of carbonyl (C=O) groups excluding carboxylic acids is 1. The van der Waals surface area contributed by atoms with E-state index in [2.05, 4.69) is 17.3 Å². The van der Waals surface area contributed by atoms with Crippen LogP contribution < -0.4 is 5.32 Å². The minimum Gasteiger partial charge on any atom is -0.481 e. The fourth-order valence-corrected chi connectivity index (χ4v) is 3.44. The van der Waals surface area contributed by atoms with Crippen molar-refractivity contribution in [2.75, 3.05) is 27.2 Å². The molecule has 21 heavy (non-hydrogen) atoms. The topological polar surface area (TPSA) is 72.9 Å². The number of piperidine rings is 1. The molecule has 0 aromatic carbocycles. The van der Waals surface area contributed by atoms with Crippen LogP contribution in [-0.2, 0) is 4.79 Å². The molecule has 0 spiro atoms. The number of carbonyl (C=O) groups is 2. The van der Waals surface area contributed by atoms with Crippen LogP contribution in [0.25, 0.3) is 0 Å². The van der Waals surface area contributed by atoms with Gasteiger partial charge in [0.25, 0.3) is 0 Å². The fraction of sp³-hybridized carbons (Fsp3) is 0.867. The van der Waals surface area contributed by atoms with E-state index in [1.165, 1.54) is 0 Å². The van der Waals surface area contributed by atoms with E-state index in [0.29, 0.717) is 6.42 Å². The molecular weight excluding hydrogens is 270 g/mol. The Balaban J connectivity index is 1.84. The molecule has 1 saturated carbocycles. The monoisotopic (exact) mass is 297 g/mol. The van der Waals surface area contributed by atoms with E-state index in [9.17, 15) is 9.59 Å². The summed E-state index contributed by atoms with van der Waals surface area (Å²) in [6.45, 7) is 2.00. The molecule has 1 saturated heterocycles. The van der Waals surface area contributed by atoms with E-state index < -0.39 is 5.97 Å². The van der Waals surface area contributed by atoms with Crippen LogP contribution in [0.2, 0.25) is 0 Å². The first-order valence-electron chi connectivity index (χ1n) is 7.92. The summed E-state index contributed by atoms with van der Waals surface area (Å²) < 4.78 is 0. The van der Waals surface area contributed by atoms with Crippen molar-refractivity contribution < 1.29 is 14.7 Å². The number of amides is 2. The molecule has 2 aliphatic rings. The lowest BCUT2D eigenvalue weighted by molar-refractivity contribution is -0.143. The summed E-state index contributed by atoms with van der Waals surface area (Å²) in [7, 11) is 3.92. The highest BCUT2D eigenvalue weighted by atomic mass is 16.4. The van der Waals surface area contributed by atoms with Gasteiger partial charge in [-0.15, -0.1) is 0 Å². The van der Waals surface area contributed by atoms with Crippen molar-refractivity contribution in [3.05, 3.63) is 0 Å². The summed E-state index contributed by atoms with van der Waals surface area (Å²) in [5.74, 6) is -1.05. The number of nitrogens with zero attached hydrogens (tertiary/aromatic N) is 2. The van der Waals surface area contributed by atoms with Crippen molar-refractivity contribution in [3.8, 4) is 0 Å². The number of hydrogen-bond donors (Lipinski definition) is 2. The van der Waals surface area contributed by atoms with Crippen LogP contribution in [0.1, 0.15) is 38.5 Å². The molecule has 2 N–H and O–H groups in total. The van der Waals surface area contributed by atoms with Crippen LogP contribution in [0.4, 0.5) is 4.79 Å². The van der Waals surface area contributed by atoms with Gasteiger partial charge in [-0.1, -0.05) is 6.42 Å². The highest BCUT2D eigenvalue weighted by Crippen LogP contribution is 2.24. The van der Waals surface area contributed by atoms with Crippen LogP contribution in [0.15, 0.2) is 0 Å². The molecule has 2 fully saturated rings. The predicted molar refractivity (Wildman–Crippen MR) is 80.2 cm³/mol. The number of likely N-dealkylation sites (tertiary alicyclic amines) is 1. The molecule has 6 nitrogen and oxygen atoms in total. The molecule has 1 heterocycles. The van der Waals surface area contributed by atoms with E-state index in [1.54, 1.807) is 4.90 Å². The second kappa shape index (κ2) is 7.11. The van der Waals surface area contributed by atoms with Gasteiger partial charge < -0.3 is 20.2 Å². The number of carboxylic acid groups (broad SMARTS) is 1. The maximum Gasteiger partial charge on any atom is 0.317 e. The van der Waals surface area contributed by atoms with E-state index in [0.717, 1.165) is 45.2 Å². The third-order valence-corrected chi connectivity index (χ3v) is 4.82. The molecule has 0 bridgehead atoms. The molecule has 1 aliphatic heterocycles. The van der Waals surface area contributed by atoms with E-state index in [4.69, 9.17) is 5.11 Å². The summed E-state index contributed by atoms with van der Waals surface area (Å²) >= 11 is 0. The van der Waals surface area contributed by atoms with Crippen LogP contribution in [0, 0.1) is 5.92 Å². The van der Waals surface area contributed by atoms with E-state index in [-0.39, 0.29) is 24.0 Å². The van der Waals surface area contributed by atoms with Crippen molar-refractivity contribution in [2.24, 2.45) is 5.92 Å². The highest BCUT2D eigenvalue weighted by Gasteiger charge is 2.30. The van der Waals surface area contributed by atoms with Crippen LogP contribution in [0.3, 0.4) is 0 Å². The molecule has 3 atom stereocenters. The molecule has 3 unspecified atom stereocenters. The van der Waals surface area contributed by atoms with Gasteiger partial charge in [-0.3, -0.25) is 4.79 Å². The summed E-state index contributed by atoms with van der Waals surface area (Å²) in [5, 5.41) is 12.1. The zero-order valence-corrected chi connectivity index (χ0v) is 13.0. The molecule has 1 aliphatic carbocycles. The molecule has 0 radical (unpaired) electrons. The first-order chi connectivity index (χ1) is 9.97. The molecule has 2 amide bonds. The zero-order chi connectivity index (χ0) is 15.4. The first kappa shape index (κ1) is 16.1. The van der Waals surface area contributed by atoms with Crippen LogP contribution in [-0.4, -0.2) is 66.2 Å². The largest absolute Gasteiger partial charge is 0.481 e. The van der Waals surface area contributed by atoms with Gasteiger partial charge in [-0.2, -0.15) is 0 Å². The Morgan fingerprint density at radius 3 is 2.67 bits per heavy atom. The highest BCUT2D eigenvalue weighted by molar-refractivity contribution is 5.75. The van der Waals surface area contributed by atoms with Gasteiger partial charge in [0.05, 0.1) is 5.92 Å². The maximum atomic E-state index is 12.3. The number of carboxylic acids is 1. The summed E-state index contributed by atoms with van der Waals surface area (Å²) in [4.78, 5) is 27.5. The number of likely N-dealkylation sites (N-methyl/N-ethyl adjacent to an activating group) is 2. The van der Waals surface area contributed by atoms with Crippen molar-refractivity contribution in [2.45, 2.75) is 50.6 Å². The fourth-order valence-electron chi connectivity index (χ4n) is 3.44. The van der Waals surface area contributed by atoms with Gasteiger partial charge in [0, 0.05) is 25.7 Å². The van der Waals surface area contributed by atoms with Gasteiger partial charge in [0.1, 0.15) is 0 Å². The number of rotatable bonds is 3. The lowest BCUT2D eigenvalue weighted by Crippen LogP contribution is -2.53. The lowest BCUT2D eigenvalue weighted by atomic mass is 9.86. The Morgan fingerprint density at radius 1 is 1.24 bits per heavy atom. The zero-order valence-electron chi connectivity index (χ0n) is 13.0. The third-order valence-electron chi connectivity index (χ3n) is 4.82. The standard InChI is InChI=1S/C15H27N3O3/c1-17-8-4-7-13(10-17)18(2)15(21)16-12-6-3-5-11(9-12)14(19)20/h11-13H,3-10H2,1-2H3,(H,16,21)(H,19,20). The Hall–Kier alpha value is -1.30. The predicted octanol–water partition coefficient (Wildman–Crippen LogP) is 1.37. The summed E-state index contributed by atoms with van der Waals surface area (Å²) in [6, 6.07) is 0.185. The Labute approximate surface area is 126 Å². The van der Waals surface area contributed by atoms with E-state index in [1.807, 2.05) is 7.05 Å². The Bertz CT molecular complexity index is 388. The summed E-state index contributed by atoms with van der Waals surface area (Å²) in [6.07, 6.45) is 5.19. The van der Waals surface area contributed by atoms with Crippen LogP contribution >= 0.6 is 0 Å². The Kier molecular flexibility index (Phi) is 5.45. The number of hydrogen-bond acceptors (Lipinski definition) is 3. The van der Waals surface area contributed by atoms with Crippen molar-refractivity contribution in [1.82, 2.24) is 15.1 Å². The van der Waals surface area contributed by atoms with Gasteiger partial charge >= 0.3 is 12.0 Å². The first-order valence-corrected chi connectivity index (χ1v) is 7.92. The molecule has 2 rings (SSSR count). The van der Waals surface area contributed by atoms with Crippen molar-refractivity contribution in [1.29, 1.82) is 0 Å². The molecule has 0 aromatic rings. The van der Waals surface area contributed by atoms with Crippen LogP contribution in [0.5, 0.6) is 0 Å². The molecular formula is C15H27N3O3. The minimum atomic E-state index is -0.740. The van der Waals surface area contributed by atoms with Gasteiger partial charge in [0.15, 0.2) is 0 Å². The van der Waals surface area contributed by atoms with Gasteiger partial charge in [-0.25, -0.2) is 4.79 Å². The smallest absolute Gasteiger partial charge is 0.317 e. The quantitative estimate of drug-likeness (QED) is 0.825. The average molecular weight is 297 g/mol. The van der Waals surface area contributed by atoms with Crippen molar-refractivity contribution >= 4 is 12.0 Å². The second-order valence-electron chi connectivity index (χ2n) is 6.52. The summed E-state index contributed by atoms with van der Waals surface area (Å²) in [5.41, 5.74) is 0. The Morgan fingerprint density at radius 2 is 2.00 bits per heavy atom. The average Bonchev–Trinajstić information content (AvgIpc) is 2.46. The molecule has 0 aromatic heterocycles. The van der Waals surface area contributed by atoms with E-state index >= 15 is 0 Å². The number of nitrogens with one attached hydrogen (secondary N) is 1. The molecule has 120 valence electrons. The SMILES string of the molecule is CN1CCCC(N(C)C(=O)NC2CCCC(C(=O)O)C2)C1. The lowest BCUT2D eigenvalue weighted by Gasteiger charge is -2.37. The van der Waals surface area contributed by atoms with Gasteiger partial charge in [-0.05, 0) is 45.7 Å². The second-order valence-corrected chi connectivity index (χ2v) is 6.52. The normalized spacial score (nSPS) is 30.7. The maximum absolute atomic E-state index is 12.3.